The number of carbonyl (C=O) groups is 1. The minimum Gasteiger partial charge on any atom is -0.508 e. The number of rotatable bonds is 6. The van der Waals surface area contributed by atoms with Crippen LogP contribution in [0.5, 0.6) is 5.75 Å². The Bertz CT molecular complexity index is 909. The molecular weight excluding hydrogens is 402 g/mol. The van der Waals surface area contributed by atoms with E-state index in [1.165, 1.54) is 26.0 Å². The molecule has 1 amide bonds. The number of nitrogens with one attached hydrogen (secondary N) is 1. The lowest BCUT2D eigenvalue weighted by molar-refractivity contribution is -0.254. The van der Waals surface area contributed by atoms with Crippen LogP contribution in [0.25, 0.3) is 0 Å². The molecule has 164 valence electrons. The standard InChI is InChI=1S/C22H25F4NO3/c1-12-7-13(2)9-17(8-12)27-20(29)21(30,22(24,25)26)11-14(3)15(4)18-10-16(23)5-6-19(18)28/h5-10,14-15,28,30H,11H2,1-4H3,(H,27,29). The zero-order valence-corrected chi connectivity index (χ0v) is 17.1. The second kappa shape index (κ2) is 8.63. The average Bonchev–Trinajstić information content (AvgIpc) is 2.61. The fourth-order valence-electron chi connectivity index (χ4n) is 3.46. The van der Waals surface area contributed by atoms with E-state index in [1.807, 2.05) is 0 Å². The van der Waals surface area contributed by atoms with Gasteiger partial charge in [-0.1, -0.05) is 19.9 Å². The van der Waals surface area contributed by atoms with Gasteiger partial charge in [0.2, 0.25) is 5.60 Å². The molecule has 0 aliphatic rings. The number of benzene rings is 2. The average molecular weight is 427 g/mol. The van der Waals surface area contributed by atoms with Crippen molar-refractivity contribution in [2.24, 2.45) is 5.92 Å². The fraction of sp³-hybridized carbons (Fsp3) is 0.409. The van der Waals surface area contributed by atoms with Crippen molar-refractivity contribution in [3.05, 3.63) is 58.9 Å². The van der Waals surface area contributed by atoms with Crippen LogP contribution in [0.4, 0.5) is 23.2 Å². The van der Waals surface area contributed by atoms with Crippen LogP contribution in [0, 0.1) is 25.6 Å². The number of hydrogen-bond acceptors (Lipinski definition) is 3. The van der Waals surface area contributed by atoms with Crippen LogP contribution in [0.2, 0.25) is 0 Å². The zero-order valence-electron chi connectivity index (χ0n) is 17.1. The highest BCUT2D eigenvalue weighted by molar-refractivity contribution is 5.98. The minimum atomic E-state index is -5.24. The molecular formula is C22H25F4NO3. The summed E-state index contributed by atoms with van der Waals surface area (Å²) in [6, 6.07) is 7.95. The SMILES string of the molecule is Cc1cc(C)cc(NC(=O)C(O)(CC(C)C(C)c2cc(F)ccc2O)C(F)(F)F)c1. The van der Waals surface area contributed by atoms with Crippen molar-refractivity contribution in [2.75, 3.05) is 5.32 Å². The monoisotopic (exact) mass is 427 g/mol. The molecule has 8 heteroatoms. The van der Waals surface area contributed by atoms with Crippen molar-refractivity contribution in [3.63, 3.8) is 0 Å². The van der Waals surface area contributed by atoms with Crippen molar-refractivity contribution in [1.82, 2.24) is 0 Å². The van der Waals surface area contributed by atoms with Crippen LogP contribution in [-0.4, -0.2) is 27.9 Å². The van der Waals surface area contributed by atoms with Crippen LogP contribution in [-0.2, 0) is 4.79 Å². The molecule has 3 atom stereocenters. The summed E-state index contributed by atoms with van der Waals surface area (Å²) in [7, 11) is 0. The molecule has 30 heavy (non-hydrogen) atoms. The van der Waals surface area contributed by atoms with Gasteiger partial charge in [0, 0.05) is 5.69 Å². The summed E-state index contributed by atoms with van der Waals surface area (Å²) in [5, 5.41) is 22.5. The second-order valence-electron chi connectivity index (χ2n) is 7.86. The van der Waals surface area contributed by atoms with Gasteiger partial charge in [-0.2, -0.15) is 13.2 Å². The number of phenolic OH excluding ortho intramolecular Hbond substituents is 1. The van der Waals surface area contributed by atoms with Crippen LogP contribution in [0.15, 0.2) is 36.4 Å². The van der Waals surface area contributed by atoms with E-state index < -0.39 is 41.8 Å². The van der Waals surface area contributed by atoms with Crippen molar-refractivity contribution in [2.45, 2.75) is 51.8 Å². The zero-order chi connectivity index (χ0) is 22.9. The number of alkyl halides is 3. The Labute approximate surface area is 172 Å². The molecule has 0 fully saturated rings. The molecule has 0 heterocycles. The van der Waals surface area contributed by atoms with E-state index in [-0.39, 0.29) is 17.0 Å². The first-order valence-corrected chi connectivity index (χ1v) is 9.42. The van der Waals surface area contributed by atoms with E-state index in [2.05, 4.69) is 5.32 Å². The van der Waals surface area contributed by atoms with Gasteiger partial charge in [0.15, 0.2) is 0 Å². The number of aliphatic hydroxyl groups is 1. The van der Waals surface area contributed by atoms with Gasteiger partial charge in [0.05, 0.1) is 0 Å². The molecule has 0 aliphatic heterocycles. The first-order valence-electron chi connectivity index (χ1n) is 9.42. The Balaban J connectivity index is 2.31. The summed E-state index contributed by atoms with van der Waals surface area (Å²) >= 11 is 0. The lowest BCUT2D eigenvalue weighted by Crippen LogP contribution is -2.55. The quantitative estimate of drug-likeness (QED) is 0.555. The van der Waals surface area contributed by atoms with Gasteiger partial charge < -0.3 is 15.5 Å². The first-order chi connectivity index (χ1) is 13.7. The van der Waals surface area contributed by atoms with E-state index in [0.29, 0.717) is 0 Å². The largest absolute Gasteiger partial charge is 0.508 e. The number of phenols is 1. The minimum absolute atomic E-state index is 0.0988. The molecule has 2 aromatic rings. The molecule has 0 radical (unpaired) electrons. The molecule has 2 rings (SSSR count). The topological polar surface area (TPSA) is 69.6 Å². The van der Waals surface area contributed by atoms with E-state index in [0.717, 1.165) is 29.3 Å². The van der Waals surface area contributed by atoms with Gasteiger partial charge in [-0.3, -0.25) is 4.79 Å². The number of carbonyl (C=O) groups excluding carboxylic acids is 1. The molecule has 2 aromatic carbocycles. The second-order valence-corrected chi connectivity index (χ2v) is 7.86. The summed E-state index contributed by atoms with van der Waals surface area (Å²) in [6.45, 7) is 6.36. The Morgan fingerprint density at radius 2 is 1.63 bits per heavy atom. The van der Waals surface area contributed by atoms with Gasteiger partial charge >= 0.3 is 6.18 Å². The molecule has 0 saturated heterocycles. The maximum Gasteiger partial charge on any atom is 0.426 e. The lowest BCUT2D eigenvalue weighted by Gasteiger charge is -2.33. The molecule has 0 saturated carbocycles. The number of halogens is 4. The summed E-state index contributed by atoms with van der Waals surface area (Å²) in [4.78, 5) is 12.5. The van der Waals surface area contributed by atoms with Crippen LogP contribution < -0.4 is 5.32 Å². The molecule has 0 aliphatic carbocycles. The van der Waals surface area contributed by atoms with Crippen molar-refractivity contribution < 1.29 is 32.6 Å². The maximum absolute atomic E-state index is 13.8. The summed E-state index contributed by atoms with van der Waals surface area (Å²) in [5.41, 5.74) is -1.94. The van der Waals surface area contributed by atoms with E-state index in [4.69, 9.17) is 0 Å². The lowest BCUT2D eigenvalue weighted by atomic mass is 9.80. The molecule has 0 bridgehead atoms. The van der Waals surface area contributed by atoms with Gasteiger partial charge in [-0.15, -0.1) is 0 Å². The molecule has 3 N–H and O–H groups in total. The highest BCUT2D eigenvalue weighted by atomic mass is 19.4. The van der Waals surface area contributed by atoms with Gasteiger partial charge in [-0.05, 0) is 79.1 Å². The highest BCUT2D eigenvalue weighted by Crippen LogP contribution is 2.41. The van der Waals surface area contributed by atoms with Crippen LogP contribution in [0.3, 0.4) is 0 Å². The third-order valence-corrected chi connectivity index (χ3v) is 5.28. The first kappa shape index (κ1) is 23.7. The van der Waals surface area contributed by atoms with Crippen molar-refractivity contribution >= 4 is 11.6 Å². The van der Waals surface area contributed by atoms with Crippen molar-refractivity contribution in [1.29, 1.82) is 0 Å². The van der Waals surface area contributed by atoms with E-state index in [1.54, 1.807) is 19.9 Å². The number of hydrogen-bond donors (Lipinski definition) is 3. The summed E-state index contributed by atoms with van der Waals surface area (Å²) in [6.07, 6.45) is -6.21. The van der Waals surface area contributed by atoms with E-state index >= 15 is 0 Å². The number of anilines is 1. The molecule has 4 nitrogen and oxygen atoms in total. The molecule has 0 spiro atoms. The predicted octanol–water partition coefficient (Wildman–Crippen LogP) is 5.21. The Kier molecular flexibility index (Phi) is 6.81. The van der Waals surface area contributed by atoms with Crippen molar-refractivity contribution in [3.8, 4) is 5.75 Å². The van der Waals surface area contributed by atoms with Gasteiger partial charge in [-0.25, -0.2) is 4.39 Å². The van der Waals surface area contributed by atoms with Crippen LogP contribution >= 0.6 is 0 Å². The number of aryl methyl sites for hydroxylation is 2. The summed E-state index contributed by atoms with van der Waals surface area (Å²) in [5.74, 6) is -4.20. The Morgan fingerprint density at radius 1 is 1.07 bits per heavy atom. The smallest absolute Gasteiger partial charge is 0.426 e. The molecule has 3 unspecified atom stereocenters. The number of aromatic hydroxyl groups is 1. The highest BCUT2D eigenvalue weighted by Gasteiger charge is 2.60. The van der Waals surface area contributed by atoms with E-state index in [9.17, 15) is 32.6 Å². The van der Waals surface area contributed by atoms with Gasteiger partial charge in [0.25, 0.3) is 5.91 Å². The summed E-state index contributed by atoms with van der Waals surface area (Å²) < 4.78 is 54.8. The fourth-order valence-corrected chi connectivity index (χ4v) is 3.46. The Hall–Kier alpha value is -2.61. The third-order valence-electron chi connectivity index (χ3n) is 5.28. The predicted molar refractivity (Wildman–Crippen MR) is 106 cm³/mol. The maximum atomic E-state index is 13.8. The molecule has 0 aromatic heterocycles. The number of amides is 1. The normalized spacial score (nSPS) is 15.9. The Morgan fingerprint density at radius 3 is 2.17 bits per heavy atom. The van der Waals surface area contributed by atoms with Gasteiger partial charge in [0.1, 0.15) is 11.6 Å². The van der Waals surface area contributed by atoms with Crippen LogP contribution in [0.1, 0.15) is 42.9 Å². The third kappa shape index (κ3) is 5.11.